The lowest BCUT2D eigenvalue weighted by molar-refractivity contribution is 0.355. The van der Waals surface area contributed by atoms with Crippen LogP contribution in [0, 0.1) is 6.92 Å². The molecule has 0 radical (unpaired) electrons. The van der Waals surface area contributed by atoms with Gasteiger partial charge in [0.05, 0.1) is 31.7 Å². The minimum atomic E-state index is -0.138. The number of rotatable bonds is 5. The largest absolute Gasteiger partial charge is 0.493 e. The van der Waals surface area contributed by atoms with Crippen LogP contribution in [0.5, 0.6) is 11.5 Å². The second-order valence-electron chi connectivity index (χ2n) is 6.15. The van der Waals surface area contributed by atoms with Crippen molar-refractivity contribution in [3.8, 4) is 23.0 Å². The van der Waals surface area contributed by atoms with Gasteiger partial charge < -0.3 is 14.0 Å². The van der Waals surface area contributed by atoms with Gasteiger partial charge in [0.1, 0.15) is 5.82 Å². The molecule has 0 fully saturated rings. The second-order valence-corrected chi connectivity index (χ2v) is 6.15. The first-order valence-corrected chi connectivity index (χ1v) is 8.62. The van der Waals surface area contributed by atoms with Crippen LogP contribution in [0.1, 0.15) is 11.6 Å². The van der Waals surface area contributed by atoms with Gasteiger partial charge in [-0.25, -0.2) is 4.98 Å². The highest BCUT2D eigenvalue weighted by atomic mass is 16.5. The van der Waals surface area contributed by atoms with E-state index in [0.717, 1.165) is 0 Å². The number of fused-ring (bicyclic) bond motifs is 1. The summed E-state index contributed by atoms with van der Waals surface area (Å²) in [5.74, 6) is 2.46. The van der Waals surface area contributed by atoms with Gasteiger partial charge >= 0.3 is 0 Å². The number of ether oxygens (including phenoxy) is 2. The highest BCUT2D eigenvalue weighted by molar-refractivity contribution is 5.77. The van der Waals surface area contributed by atoms with Crippen molar-refractivity contribution in [3.63, 3.8) is 0 Å². The molecule has 0 saturated carbocycles. The van der Waals surface area contributed by atoms with E-state index >= 15 is 0 Å². The summed E-state index contributed by atoms with van der Waals surface area (Å²) >= 11 is 0. The lowest BCUT2D eigenvalue weighted by Crippen LogP contribution is -2.24. The molecule has 8 heteroatoms. The molecule has 2 heterocycles. The van der Waals surface area contributed by atoms with Gasteiger partial charge in [-0.2, -0.15) is 4.98 Å². The summed E-state index contributed by atoms with van der Waals surface area (Å²) in [6.45, 7) is 1.95. The normalized spacial score (nSPS) is 11.0. The van der Waals surface area contributed by atoms with E-state index in [1.165, 1.54) is 4.57 Å². The highest BCUT2D eigenvalue weighted by Gasteiger charge is 2.15. The maximum absolute atomic E-state index is 12.8. The van der Waals surface area contributed by atoms with E-state index in [0.29, 0.717) is 45.5 Å². The lowest BCUT2D eigenvalue weighted by Gasteiger charge is -2.08. The molecule has 2 aromatic heterocycles. The van der Waals surface area contributed by atoms with Crippen LogP contribution in [0.4, 0.5) is 0 Å². The average Bonchev–Trinajstić information content (AvgIpc) is 3.19. The minimum Gasteiger partial charge on any atom is -0.493 e. The van der Waals surface area contributed by atoms with Crippen LogP contribution in [0.25, 0.3) is 22.4 Å². The Morgan fingerprint density at radius 2 is 1.82 bits per heavy atom. The smallest absolute Gasteiger partial charge is 0.261 e. The van der Waals surface area contributed by atoms with Gasteiger partial charge in [0.2, 0.25) is 0 Å². The van der Waals surface area contributed by atoms with Crippen molar-refractivity contribution in [2.75, 3.05) is 14.2 Å². The van der Waals surface area contributed by atoms with Crippen molar-refractivity contribution in [1.29, 1.82) is 0 Å². The molecule has 8 nitrogen and oxygen atoms in total. The number of benzene rings is 2. The molecule has 142 valence electrons. The molecule has 0 N–H and O–H groups in total. The first-order valence-electron chi connectivity index (χ1n) is 8.62. The van der Waals surface area contributed by atoms with Crippen molar-refractivity contribution >= 4 is 10.9 Å². The number of aromatic nitrogens is 4. The van der Waals surface area contributed by atoms with Gasteiger partial charge in [-0.1, -0.05) is 17.3 Å². The predicted octanol–water partition coefficient (Wildman–Crippen LogP) is 2.82. The maximum Gasteiger partial charge on any atom is 0.261 e. The summed E-state index contributed by atoms with van der Waals surface area (Å²) in [6, 6.07) is 12.6. The molecule has 28 heavy (non-hydrogen) atoms. The van der Waals surface area contributed by atoms with Gasteiger partial charge in [-0.05, 0) is 37.3 Å². The molecule has 0 saturated heterocycles. The molecule has 2 aromatic carbocycles. The fourth-order valence-electron chi connectivity index (χ4n) is 3.01. The highest BCUT2D eigenvalue weighted by Crippen LogP contribution is 2.31. The fraction of sp³-hybridized carbons (Fsp3) is 0.200. The Labute approximate surface area is 160 Å². The molecule has 0 bridgehead atoms. The van der Waals surface area contributed by atoms with Crippen LogP contribution in [-0.2, 0) is 6.54 Å². The molecule has 0 aliphatic rings. The molecule has 4 rings (SSSR count). The standard InChI is InChI=1S/C20H18N4O4/c1-12-21-15-7-5-4-6-14(15)20(25)24(12)11-18-22-19(28-23-18)13-8-9-16(26-2)17(10-13)27-3/h4-10H,11H2,1-3H3. The first kappa shape index (κ1) is 17.7. The van der Waals surface area contributed by atoms with Crippen LogP contribution in [0.15, 0.2) is 51.8 Å². The summed E-state index contributed by atoms with van der Waals surface area (Å²) in [7, 11) is 3.13. The van der Waals surface area contributed by atoms with E-state index in [1.54, 1.807) is 45.4 Å². The quantitative estimate of drug-likeness (QED) is 0.527. The Morgan fingerprint density at radius 1 is 1.04 bits per heavy atom. The zero-order valence-electron chi connectivity index (χ0n) is 15.7. The molecule has 0 amide bonds. The van der Waals surface area contributed by atoms with Crippen molar-refractivity contribution in [1.82, 2.24) is 19.7 Å². The van der Waals surface area contributed by atoms with Gasteiger partial charge in [0.25, 0.3) is 11.4 Å². The van der Waals surface area contributed by atoms with E-state index in [4.69, 9.17) is 14.0 Å². The van der Waals surface area contributed by atoms with Crippen LogP contribution < -0.4 is 15.0 Å². The molecule has 0 atom stereocenters. The summed E-state index contributed by atoms with van der Waals surface area (Å²) < 4.78 is 17.4. The Balaban J connectivity index is 1.68. The van der Waals surface area contributed by atoms with Crippen LogP contribution in [-0.4, -0.2) is 33.9 Å². The zero-order valence-corrected chi connectivity index (χ0v) is 15.7. The molecule has 0 unspecified atom stereocenters. The number of hydrogen-bond acceptors (Lipinski definition) is 7. The van der Waals surface area contributed by atoms with E-state index < -0.39 is 0 Å². The Morgan fingerprint density at radius 3 is 2.61 bits per heavy atom. The topological polar surface area (TPSA) is 92.3 Å². The van der Waals surface area contributed by atoms with Gasteiger partial charge in [0.15, 0.2) is 17.3 Å². The molecule has 4 aromatic rings. The third kappa shape index (κ3) is 3.09. The van der Waals surface area contributed by atoms with Crippen LogP contribution in [0.2, 0.25) is 0 Å². The second kappa shape index (κ2) is 7.15. The van der Waals surface area contributed by atoms with E-state index in [1.807, 2.05) is 18.2 Å². The third-order valence-corrected chi connectivity index (χ3v) is 4.45. The number of nitrogens with zero attached hydrogens (tertiary/aromatic N) is 4. The van der Waals surface area contributed by atoms with Gasteiger partial charge in [-0.15, -0.1) is 0 Å². The molecule has 0 aliphatic heterocycles. The number of methoxy groups -OCH3 is 2. The first-order chi connectivity index (χ1) is 13.6. The van der Waals surface area contributed by atoms with Crippen molar-refractivity contribution in [3.05, 3.63) is 64.5 Å². The third-order valence-electron chi connectivity index (χ3n) is 4.45. The summed E-state index contributed by atoms with van der Waals surface area (Å²) in [6.07, 6.45) is 0. The Bertz CT molecular complexity index is 1210. The van der Waals surface area contributed by atoms with Gasteiger partial charge in [-0.3, -0.25) is 9.36 Å². The zero-order chi connectivity index (χ0) is 19.7. The summed E-state index contributed by atoms with van der Waals surface area (Å²) in [5.41, 5.74) is 1.22. The van der Waals surface area contributed by atoms with Crippen molar-refractivity contribution in [2.24, 2.45) is 0 Å². The molecular weight excluding hydrogens is 360 g/mol. The molecule has 0 aliphatic carbocycles. The predicted molar refractivity (Wildman–Crippen MR) is 103 cm³/mol. The minimum absolute atomic E-state index is 0.138. The average molecular weight is 378 g/mol. The van der Waals surface area contributed by atoms with Gasteiger partial charge in [0, 0.05) is 5.56 Å². The monoisotopic (exact) mass is 378 g/mol. The Kier molecular flexibility index (Phi) is 4.52. The lowest BCUT2D eigenvalue weighted by atomic mass is 10.2. The number of hydrogen-bond donors (Lipinski definition) is 0. The van der Waals surface area contributed by atoms with Crippen LogP contribution >= 0.6 is 0 Å². The number of para-hydroxylation sites is 1. The SMILES string of the molecule is COc1ccc(-c2nc(Cn3c(C)nc4ccccc4c3=O)no2)cc1OC. The van der Waals surface area contributed by atoms with E-state index in [9.17, 15) is 4.79 Å². The Hall–Kier alpha value is -3.68. The van der Waals surface area contributed by atoms with Crippen molar-refractivity contribution in [2.45, 2.75) is 13.5 Å². The summed E-state index contributed by atoms with van der Waals surface area (Å²) in [5, 5.41) is 4.56. The maximum atomic E-state index is 12.8. The number of aryl methyl sites for hydroxylation is 1. The van der Waals surface area contributed by atoms with Crippen LogP contribution in [0.3, 0.4) is 0 Å². The molecule has 0 spiro atoms. The van der Waals surface area contributed by atoms with Crippen molar-refractivity contribution < 1.29 is 14.0 Å². The van der Waals surface area contributed by atoms with E-state index in [2.05, 4.69) is 15.1 Å². The van der Waals surface area contributed by atoms with E-state index in [-0.39, 0.29) is 12.1 Å². The molecular formula is C20H18N4O4. The fourth-order valence-corrected chi connectivity index (χ4v) is 3.01. The summed E-state index contributed by atoms with van der Waals surface area (Å²) in [4.78, 5) is 21.7.